The summed E-state index contributed by atoms with van der Waals surface area (Å²) in [5, 5.41) is 8.33. The Hall–Kier alpha value is -3.35. The van der Waals surface area contributed by atoms with Crippen molar-refractivity contribution in [2.45, 2.75) is 33.1 Å². The Bertz CT molecular complexity index is 1150. The molecule has 0 aliphatic heterocycles. The van der Waals surface area contributed by atoms with Gasteiger partial charge < -0.3 is 5.32 Å². The number of carbonyl (C=O) groups excluding carboxylic acids is 1. The summed E-state index contributed by atoms with van der Waals surface area (Å²) in [5.41, 5.74) is 5.07. The second kappa shape index (κ2) is 7.72. The van der Waals surface area contributed by atoms with E-state index in [0.717, 1.165) is 39.8 Å². The number of pyridine rings is 1. The Morgan fingerprint density at radius 3 is 2.86 bits per heavy atom. The van der Waals surface area contributed by atoms with Crippen LogP contribution in [0.25, 0.3) is 16.7 Å². The van der Waals surface area contributed by atoms with Crippen LogP contribution < -0.4 is 5.32 Å². The van der Waals surface area contributed by atoms with Crippen LogP contribution in [-0.4, -0.2) is 37.0 Å². The third kappa shape index (κ3) is 3.55. The van der Waals surface area contributed by atoms with Gasteiger partial charge in [-0.1, -0.05) is 24.3 Å². The molecule has 4 rings (SSSR count). The third-order valence-corrected chi connectivity index (χ3v) is 5.02. The van der Waals surface area contributed by atoms with E-state index in [2.05, 4.69) is 43.6 Å². The number of carbonyl (C=O) groups is 1. The zero-order valence-corrected chi connectivity index (χ0v) is 16.0. The summed E-state index contributed by atoms with van der Waals surface area (Å²) in [4.78, 5) is 25.4. The van der Waals surface area contributed by atoms with Crippen molar-refractivity contribution < 1.29 is 4.79 Å². The van der Waals surface area contributed by atoms with E-state index in [-0.39, 0.29) is 5.91 Å². The fourth-order valence-electron chi connectivity index (χ4n) is 3.55. The topological polar surface area (TPSA) is 85.1 Å². The van der Waals surface area contributed by atoms with Crippen LogP contribution >= 0.6 is 0 Å². The molecule has 4 aromatic rings. The lowest BCUT2D eigenvalue weighted by Crippen LogP contribution is -2.26. The van der Waals surface area contributed by atoms with E-state index in [1.807, 2.05) is 26.0 Å². The molecule has 0 fully saturated rings. The fraction of sp³-hybridized carbons (Fsp3) is 0.286. The molecule has 28 heavy (non-hydrogen) atoms. The molecule has 142 valence electrons. The SMILES string of the molecule is Cc1nc2ncnn2c(C)c1CCC(=O)NCCc1cccc2cccnc12. The van der Waals surface area contributed by atoms with E-state index in [9.17, 15) is 4.79 Å². The minimum Gasteiger partial charge on any atom is -0.356 e. The van der Waals surface area contributed by atoms with Crippen molar-refractivity contribution in [2.75, 3.05) is 6.54 Å². The average Bonchev–Trinajstić information content (AvgIpc) is 3.16. The van der Waals surface area contributed by atoms with Gasteiger partial charge in [0, 0.05) is 35.9 Å². The molecule has 3 heterocycles. The summed E-state index contributed by atoms with van der Waals surface area (Å²) < 4.78 is 1.72. The van der Waals surface area contributed by atoms with Crippen LogP contribution in [0.4, 0.5) is 0 Å². The van der Waals surface area contributed by atoms with Crippen LogP contribution in [-0.2, 0) is 17.6 Å². The van der Waals surface area contributed by atoms with Crippen LogP contribution in [0.2, 0.25) is 0 Å². The zero-order chi connectivity index (χ0) is 19.5. The highest BCUT2D eigenvalue weighted by atomic mass is 16.1. The normalized spacial score (nSPS) is 11.2. The van der Waals surface area contributed by atoms with Gasteiger partial charge in [0.1, 0.15) is 6.33 Å². The van der Waals surface area contributed by atoms with Crippen molar-refractivity contribution in [3.05, 3.63) is 65.4 Å². The van der Waals surface area contributed by atoms with Crippen molar-refractivity contribution in [3.63, 3.8) is 0 Å². The van der Waals surface area contributed by atoms with Crippen LogP contribution in [0, 0.1) is 13.8 Å². The van der Waals surface area contributed by atoms with E-state index >= 15 is 0 Å². The van der Waals surface area contributed by atoms with Crippen LogP contribution in [0.15, 0.2) is 42.9 Å². The first kappa shape index (κ1) is 18.0. The summed E-state index contributed by atoms with van der Waals surface area (Å²) in [6.07, 6.45) is 5.09. The molecule has 0 aliphatic carbocycles. The standard InChI is InChI=1S/C21H22N6O/c1-14-18(15(2)27-21(26-14)24-13-25-27)8-9-19(28)22-12-10-17-6-3-5-16-7-4-11-23-20(16)17/h3-7,11,13H,8-10,12H2,1-2H3,(H,22,28). The number of nitrogens with one attached hydrogen (secondary N) is 1. The first-order chi connectivity index (χ1) is 13.6. The molecule has 7 heteroatoms. The van der Waals surface area contributed by atoms with Gasteiger partial charge in [-0.05, 0) is 43.9 Å². The fourth-order valence-corrected chi connectivity index (χ4v) is 3.55. The zero-order valence-electron chi connectivity index (χ0n) is 16.0. The smallest absolute Gasteiger partial charge is 0.252 e. The average molecular weight is 374 g/mol. The number of aromatic nitrogens is 5. The molecular formula is C21H22N6O. The summed E-state index contributed by atoms with van der Waals surface area (Å²) in [6.45, 7) is 4.52. The highest BCUT2D eigenvalue weighted by molar-refractivity contribution is 5.81. The first-order valence-corrected chi connectivity index (χ1v) is 9.38. The molecular weight excluding hydrogens is 352 g/mol. The van der Waals surface area contributed by atoms with E-state index < -0.39 is 0 Å². The van der Waals surface area contributed by atoms with Gasteiger partial charge in [-0.2, -0.15) is 10.1 Å². The number of nitrogens with zero attached hydrogens (tertiary/aromatic N) is 5. The van der Waals surface area contributed by atoms with Gasteiger partial charge in [-0.25, -0.2) is 9.50 Å². The number of hydrogen-bond donors (Lipinski definition) is 1. The number of hydrogen-bond acceptors (Lipinski definition) is 5. The quantitative estimate of drug-likeness (QED) is 0.561. The molecule has 0 saturated carbocycles. The molecule has 7 nitrogen and oxygen atoms in total. The van der Waals surface area contributed by atoms with Crippen molar-refractivity contribution >= 4 is 22.6 Å². The Balaban J connectivity index is 1.35. The number of para-hydroxylation sites is 1. The van der Waals surface area contributed by atoms with Crippen LogP contribution in [0.1, 0.15) is 28.9 Å². The maximum Gasteiger partial charge on any atom is 0.252 e. The van der Waals surface area contributed by atoms with Crippen molar-refractivity contribution in [2.24, 2.45) is 0 Å². The molecule has 0 spiro atoms. The Morgan fingerprint density at radius 1 is 1.11 bits per heavy atom. The molecule has 0 aliphatic rings. The van der Waals surface area contributed by atoms with Crippen LogP contribution in [0.3, 0.4) is 0 Å². The summed E-state index contributed by atoms with van der Waals surface area (Å²) in [7, 11) is 0. The van der Waals surface area contributed by atoms with Crippen molar-refractivity contribution in [1.29, 1.82) is 0 Å². The maximum atomic E-state index is 12.3. The Labute approximate surface area is 162 Å². The largest absolute Gasteiger partial charge is 0.356 e. The highest BCUT2D eigenvalue weighted by Gasteiger charge is 2.12. The van der Waals surface area contributed by atoms with Gasteiger partial charge in [0.2, 0.25) is 5.91 Å². The minimum absolute atomic E-state index is 0.0330. The molecule has 0 bridgehead atoms. The van der Waals surface area contributed by atoms with Gasteiger partial charge in [-0.15, -0.1) is 0 Å². The van der Waals surface area contributed by atoms with E-state index in [4.69, 9.17) is 0 Å². The summed E-state index contributed by atoms with van der Waals surface area (Å²) in [6, 6.07) is 10.1. The van der Waals surface area contributed by atoms with E-state index in [1.54, 1.807) is 10.7 Å². The second-order valence-electron chi connectivity index (χ2n) is 6.83. The predicted molar refractivity (Wildman–Crippen MR) is 107 cm³/mol. The second-order valence-corrected chi connectivity index (χ2v) is 6.83. The van der Waals surface area contributed by atoms with Gasteiger partial charge in [0.05, 0.1) is 5.52 Å². The molecule has 1 aromatic carbocycles. The number of amides is 1. The van der Waals surface area contributed by atoms with Gasteiger partial charge in [-0.3, -0.25) is 9.78 Å². The lowest BCUT2D eigenvalue weighted by Gasteiger charge is -2.11. The monoisotopic (exact) mass is 374 g/mol. The molecule has 0 radical (unpaired) electrons. The van der Waals surface area contributed by atoms with Gasteiger partial charge in [0.25, 0.3) is 5.78 Å². The Kier molecular flexibility index (Phi) is 4.97. The highest BCUT2D eigenvalue weighted by Crippen LogP contribution is 2.17. The third-order valence-electron chi connectivity index (χ3n) is 5.02. The van der Waals surface area contributed by atoms with Gasteiger partial charge in [0.15, 0.2) is 0 Å². The Morgan fingerprint density at radius 2 is 1.96 bits per heavy atom. The predicted octanol–water partition coefficient (Wildman–Crippen LogP) is 2.58. The van der Waals surface area contributed by atoms with Crippen molar-refractivity contribution in [3.8, 4) is 0 Å². The number of rotatable bonds is 6. The lowest BCUT2D eigenvalue weighted by atomic mass is 10.1. The van der Waals surface area contributed by atoms with Gasteiger partial charge >= 0.3 is 0 Å². The number of fused-ring (bicyclic) bond motifs is 2. The lowest BCUT2D eigenvalue weighted by molar-refractivity contribution is -0.121. The first-order valence-electron chi connectivity index (χ1n) is 9.38. The molecule has 1 amide bonds. The van der Waals surface area contributed by atoms with Crippen molar-refractivity contribution in [1.82, 2.24) is 29.9 Å². The summed E-state index contributed by atoms with van der Waals surface area (Å²) in [5.74, 6) is 0.623. The number of aryl methyl sites for hydroxylation is 2. The molecule has 3 aromatic heterocycles. The molecule has 1 N–H and O–H groups in total. The minimum atomic E-state index is 0.0330. The summed E-state index contributed by atoms with van der Waals surface area (Å²) >= 11 is 0. The molecule has 0 atom stereocenters. The number of benzene rings is 1. The van der Waals surface area contributed by atoms with Crippen LogP contribution in [0.5, 0.6) is 0 Å². The molecule has 0 saturated heterocycles. The molecule has 0 unspecified atom stereocenters. The maximum absolute atomic E-state index is 12.3. The van der Waals surface area contributed by atoms with E-state index in [1.165, 1.54) is 6.33 Å². The van der Waals surface area contributed by atoms with E-state index in [0.29, 0.717) is 25.2 Å².